The maximum absolute atomic E-state index is 14.7. The van der Waals surface area contributed by atoms with Crippen molar-refractivity contribution in [1.82, 2.24) is 21.3 Å². The van der Waals surface area contributed by atoms with Gasteiger partial charge in [0.1, 0.15) is 17.4 Å². The number of carbonyl (C=O) groups is 5. The molecule has 2 aromatic rings. The minimum atomic E-state index is -1.28. The van der Waals surface area contributed by atoms with Crippen molar-refractivity contribution in [3.05, 3.63) is 87.1 Å². The molecule has 9 atom stereocenters. The molecular weight excluding hydrogens is 947 g/mol. The molecule has 3 fully saturated rings. The number of benzene rings is 3. The molecule has 3 saturated carbocycles. The van der Waals surface area contributed by atoms with E-state index in [1.54, 1.807) is 6.92 Å². The smallest absolute Gasteiger partial charge is 0.303 e. The monoisotopic (exact) mass is 1020 g/mol. The number of phenolic OH excluding ortho intramolecular Hbond substituents is 1. The number of rotatable bonds is 19. The van der Waals surface area contributed by atoms with Crippen LogP contribution in [0.1, 0.15) is 147 Å². The van der Waals surface area contributed by atoms with Crippen LogP contribution >= 0.6 is 0 Å². The lowest BCUT2D eigenvalue weighted by Gasteiger charge is -2.58. The Hall–Kier alpha value is -6.12. The van der Waals surface area contributed by atoms with Crippen LogP contribution in [0.3, 0.4) is 0 Å². The number of carboxylic acids is 1. The minimum absolute atomic E-state index is 0.0169. The van der Waals surface area contributed by atoms with Crippen molar-refractivity contribution in [2.24, 2.45) is 46.3 Å². The summed E-state index contributed by atoms with van der Waals surface area (Å²) in [5.74, 6) is -1.26. The second kappa shape index (κ2) is 22.4. The zero-order valence-corrected chi connectivity index (χ0v) is 43.8. The van der Waals surface area contributed by atoms with Crippen LogP contribution in [-0.2, 0) is 19.2 Å². The number of carboxylic acid groups (broad SMARTS) is 1. The van der Waals surface area contributed by atoms with Crippen molar-refractivity contribution in [2.75, 3.05) is 13.1 Å². The number of carbonyl (C=O) groups excluding carboxylic acids is 4. The molecule has 8 rings (SSSR count). The van der Waals surface area contributed by atoms with Gasteiger partial charge in [-0.1, -0.05) is 71.6 Å². The molecule has 0 saturated heterocycles. The highest BCUT2D eigenvalue weighted by molar-refractivity contribution is 6.04. The number of aryl methyl sites for hydroxylation is 1. The van der Waals surface area contributed by atoms with Gasteiger partial charge in [-0.15, -0.1) is 0 Å². The third kappa shape index (κ3) is 11.4. The van der Waals surface area contributed by atoms with Crippen LogP contribution in [0.4, 0.5) is 8.78 Å². The molecule has 4 amide bonds. The lowest BCUT2D eigenvalue weighted by Crippen LogP contribution is -2.52. The summed E-state index contributed by atoms with van der Waals surface area (Å²) >= 11 is 0. The van der Waals surface area contributed by atoms with E-state index in [0.717, 1.165) is 79.5 Å². The fraction of sp³-hybridized carbons (Fsp3) is 0.559. The molecule has 6 N–H and O–H groups in total. The van der Waals surface area contributed by atoms with Crippen molar-refractivity contribution in [2.45, 2.75) is 150 Å². The molecule has 1 heterocycles. The number of hydrogen-bond acceptors (Lipinski definition) is 8. The first kappa shape index (κ1) is 54.2. The highest BCUT2D eigenvalue weighted by atomic mass is 19.1. The predicted molar refractivity (Wildman–Crippen MR) is 279 cm³/mol. The van der Waals surface area contributed by atoms with E-state index in [1.807, 2.05) is 0 Å². The van der Waals surface area contributed by atoms with Crippen molar-refractivity contribution < 1.29 is 47.4 Å². The molecule has 1 aliphatic heterocycles. The van der Waals surface area contributed by atoms with Crippen LogP contribution in [0.25, 0.3) is 33.4 Å². The van der Waals surface area contributed by atoms with E-state index < -0.39 is 59.0 Å². The number of aliphatic carboxylic acids is 1. The van der Waals surface area contributed by atoms with E-state index in [1.165, 1.54) is 68.7 Å². The van der Waals surface area contributed by atoms with Gasteiger partial charge in [-0.25, -0.2) is 8.78 Å². The summed E-state index contributed by atoms with van der Waals surface area (Å²) in [6, 6.07) is 7.20. The van der Waals surface area contributed by atoms with E-state index >= 15 is 0 Å². The van der Waals surface area contributed by atoms with Crippen molar-refractivity contribution in [3.8, 4) is 28.2 Å². The molecule has 0 spiro atoms. The molecule has 2 aromatic carbocycles. The number of nitrogens with one attached hydrogen (secondary N) is 4. The largest absolute Gasteiger partial charge is 0.505 e. The van der Waals surface area contributed by atoms with Crippen LogP contribution in [-0.4, -0.2) is 65.0 Å². The lowest BCUT2D eigenvalue weighted by molar-refractivity contribution is -0.137. The van der Waals surface area contributed by atoms with Crippen LogP contribution in [0, 0.1) is 64.9 Å². The zero-order chi connectivity index (χ0) is 53.2. The quantitative estimate of drug-likeness (QED) is 0.0390. The highest BCUT2D eigenvalue weighted by Crippen LogP contribution is 2.67. The standard InChI is InChI=1S/C59H74F2N4O9/c1-32(2)8-7-9-33(3)42-14-15-43-39-13-11-36-27-37(18-22-58(36,5)44(39)19-23-59(42,43)6)64-53(69)21-24-62-52(68)20-25-63-57(73)47(16-17-54(70)71)65-56(72)35-10-12-38(34(4)26-35)55-40-28-45(60)48(66)30-50(40)74-51-31-49(67)46(61)29-41(51)55/h10-12,26,28-33,37,39,42-44,47,66H,7-9,13-25,27H2,1-6H3,(H,62,68)(H,63,73)(H,64,69)(H,65,72)(H,70,71)/t33-,37+,39+,42?,43+,44?,47+,58?,59?/m1/s1. The van der Waals surface area contributed by atoms with Gasteiger partial charge in [0, 0.05) is 72.6 Å². The molecule has 74 heavy (non-hydrogen) atoms. The Kier molecular flexibility index (Phi) is 16.4. The molecule has 0 aromatic heterocycles. The van der Waals surface area contributed by atoms with Crippen LogP contribution < -0.4 is 26.7 Å². The Morgan fingerprint density at radius 2 is 1.58 bits per heavy atom. The summed E-state index contributed by atoms with van der Waals surface area (Å²) < 4.78 is 35.1. The molecule has 398 valence electrons. The van der Waals surface area contributed by atoms with Crippen LogP contribution in [0.5, 0.6) is 5.75 Å². The Morgan fingerprint density at radius 3 is 2.32 bits per heavy atom. The van der Waals surface area contributed by atoms with E-state index in [4.69, 9.17) is 4.42 Å². The Balaban J connectivity index is 0.801. The van der Waals surface area contributed by atoms with Crippen molar-refractivity contribution >= 4 is 40.6 Å². The second-order valence-corrected chi connectivity index (χ2v) is 23.0. The number of aromatic hydroxyl groups is 1. The van der Waals surface area contributed by atoms with Gasteiger partial charge in [0.25, 0.3) is 5.91 Å². The second-order valence-electron chi connectivity index (χ2n) is 23.0. The SMILES string of the molecule is Cc1cc(C(=O)N[C@@H](CCC(=O)O)C(=O)NCCC(=O)NCCC(=O)N[C@H]2CCC3(C)C(=CC[C@@H]4C3CCC3(C)C([C@H](C)CCCC(C)C)CC[C@@H]43)C2)ccc1-c1c2cc(F)c(=O)cc-2oc2cc(O)c(F)cc12. The maximum Gasteiger partial charge on any atom is 0.303 e. The summed E-state index contributed by atoms with van der Waals surface area (Å²) in [6.45, 7) is 14.0. The predicted octanol–water partition coefficient (Wildman–Crippen LogP) is 10.4. The fourth-order valence-corrected chi connectivity index (χ4v) is 14.0. The van der Waals surface area contributed by atoms with E-state index in [9.17, 15) is 47.8 Å². The first-order valence-corrected chi connectivity index (χ1v) is 26.9. The maximum atomic E-state index is 14.7. The lowest BCUT2D eigenvalue weighted by atomic mass is 9.47. The molecule has 6 aliphatic rings. The topological polar surface area (TPSA) is 204 Å². The first-order valence-electron chi connectivity index (χ1n) is 26.9. The molecule has 0 radical (unpaired) electrons. The minimum Gasteiger partial charge on any atom is -0.505 e. The summed E-state index contributed by atoms with van der Waals surface area (Å²) in [7, 11) is 0. The summed E-state index contributed by atoms with van der Waals surface area (Å²) in [5.41, 5.74) is 2.58. The van der Waals surface area contributed by atoms with Gasteiger partial charge in [-0.05, 0) is 146 Å². The van der Waals surface area contributed by atoms with Crippen LogP contribution in [0.2, 0.25) is 0 Å². The van der Waals surface area contributed by atoms with Gasteiger partial charge >= 0.3 is 5.97 Å². The molecular formula is C59H74F2N4O9. The zero-order valence-electron chi connectivity index (χ0n) is 43.8. The van der Waals surface area contributed by atoms with Gasteiger partial charge in [0.2, 0.25) is 23.2 Å². The third-order valence-electron chi connectivity index (χ3n) is 17.9. The molecule has 15 heteroatoms. The average molecular weight is 1020 g/mol. The molecule has 13 nitrogen and oxygen atoms in total. The highest BCUT2D eigenvalue weighted by Gasteiger charge is 2.59. The Morgan fingerprint density at radius 1 is 0.824 bits per heavy atom. The van der Waals surface area contributed by atoms with Gasteiger partial charge in [-0.2, -0.15) is 0 Å². The van der Waals surface area contributed by atoms with Gasteiger partial charge in [-0.3, -0.25) is 28.8 Å². The normalized spacial score (nSPS) is 25.0. The average Bonchev–Trinajstić information content (AvgIpc) is 3.71. The first-order chi connectivity index (χ1) is 35.2. The van der Waals surface area contributed by atoms with Gasteiger partial charge < -0.3 is 35.9 Å². The molecule has 0 bridgehead atoms. The van der Waals surface area contributed by atoms with Crippen molar-refractivity contribution in [1.29, 1.82) is 0 Å². The van der Waals surface area contributed by atoms with Crippen molar-refractivity contribution in [3.63, 3.8) is 0 Å². The Bertz CT molecular complexity index is 2860. The number of allylic oxidation sites excluding steroid dienone is 1. The van der Waals surface area contributed by atoms with E-state index in [-0.39, 0.29) is 83.1 Å². The fourth-order valence-electron chi connectivity index (χ4n) is 14.0. The molecule has 4 unspecified atom stereocenters. The number of halogens is 2. The number of fused-ring (bicyclic) bond motifs is 7. The van der Waals surface area contributed by atoms with E-state index in [2.05, 4.69) is 62.0 Å². The number of amides is 4. The van der Waals surface area contributed by atoms with E-state index in [0.29, 0.717) is 22.5 Å². The molecule has 5 aliphatic carbocycles. The summed E-state index contributed by atoms with van der Waals surface area (Å²) in [6.07, 6.45) is 15.2. The summed E-state index contributed by atoms with van der Waals surface area (Å²) in [4.78, 5) is 76.6. The number of phenols is 1. The van der Waals surface area contributed by atoms with Crippen LogP contribution in [0.15, 0.2) is 63.3 Å². The third-order valence-corrected chi connectivity index (χ3v) is 17.9. The summed E-state index contributed by atoms with van der Waals surface area (Å²) in [5, 5.41) is 30.8. The van der Waals surface area contributed by atoms with Gasteiger partial charge in [0.15, 0.2) is 17.4 Å². The van der Waals surface area contributed by atoms with Gasteiger partial charge in [0.05, 0.1) is 0 Å². The number of hydrogen-bond donors (Lipinski definition) is 6. The Labute approximate surface area is 432 Å².